The molecule has 0 saturated carbocycles. The molecule has 7 nitrogen and oxygen atoms in total. The summed E-state index contributed by atoms with van der Waals surface area (Å²) in [4.78, 5) is 28.3. The van der Waals surface area contributed by atoms with E-state index in [4.69, 9.17) is 11.6 Å². The third-order valence-electron chi connectivity index (χ3n) is 6.47. The summed E-state index contributed by atoms with van der Waals surface area (Å²) in [6.45, 7) is 6.49. The van der Waals surface area contributed by atoms with Gasteiger partial charge in [0.2, 0.25) is 11.8 Å². The van der Waals surface area contributed by atoms with Crippen LogP contribution in [0.15, 0.2) is 77.7 Å². The number of amides is 2. The van der Waals surface area contributed by atoms with Gasteiger partial charge in [0, 0.05) is 17.6 Å². The number of sulfonamides is 1. The zero-order valence-corrected chi connectivity index (χ0v) is 24.0. The summed E-state index contributed by atoms with van der Waals surface area (Å²) in [7, 11) is -4.17. The number of carbonyl (C=O) groups excluding carboxylic acids is 2. The predicted molar refractivity (Wildman–Crippen MR) is 151 cm³/mol. The number of hydrogen-bond acceptors (Lipinski definition) is 4. The molecule has 0 aliphatic carbocycles. The Morgan fingerprint density at radius 1 is 1.00 bits per heavy atom. The molecule has 3 rings (SSSR count). The number of anilines is 1. The normalized spacial score (nSPS) is 12.9. The number of carbonyl (C=O) groups is 2. The number of aryl methyl sites for hydroxylation is 1. The average Bonchev–Trinajstić information content (AvgIpc) is 2.91. The van der Waals surface area contributed by atoms with Crippen LogP contribution in [0.4, 0.5) is 10.1 Å². The number of rotatable bonds is 11. The fourth-order valence-corrected chi connectivity index (χ4v) is 5.69. The Kier molecular flexibility index (Phi) is 10.1. The first-order valence-corrected chi connectivity index (χ1v) is 14.4. The van der Waals surface area contributed by atoms with Gasteiger partial charge in [0.1, 0.15) is 18.4 Å². The fourth-order valence-electron chi connectivity index (χ4n) is 3.97. The summed E-state index contributed by atoms with van der Waals surface area (Å²) >= 11 is 6.13. The van der Waals surface area contributed by atoms with Gasteiger partial charge in [-0.2, -0.15) is 0 Å². The number of halogens is 2. The van der Waals surface area contributed by atoms with Crippen LogP contribution in [0.2, 0.25) is 5.02 Å². The van der Waals surface area contributed by atoms with Gasteiger partial charge >= 0.3 is 0 Å². The monoisotopic (exact) mass is 573 g/mol. The first kappa shape index (κ1) is 30.1. The molecule has 10 heteroatoms. The Morgan fingerprint density at radius 3 is 2.23 bits per heavy atom. The molecule has 0 fully saturated rings. The molecule has 0 saturated heterocycles. The summed E-state index contributed by atoms with van der Waals surface area (Å²) in [6, 6.07) is 17.1. The lowest BCUT2D eigenvalue weighted by atomic mass is 10.1. The third kappa shape index (κ3) is 7.58. The third-order valence-corrected chi connectivity index (χ3v) is 8.48. The van der Waals surface area contributed by atoms with E-state index in [-0.39, 0.29) is 29.1 Å². The predicted octanol–water partition coefficient (Wildman–Crippen LogP) is 5.31. The highest BCUT2D eigenvalue weighted by atomic mass is 35.5. The summed E-state index contributed by atoms with van der Waals surface area (Å²) < 4.78 is 42.2. The lowest BCUT2D eigenvalue weighted by molar-refractivity contribution is -0.139. The highest BCUT2D eigenvalue weighted by Gasteiger charge is 2.33. The number of nitrogens with zero attached hydrogens (tertiary/aromatic N) is 2. The highest BCUT2D eigenvalue weighted by molar-refractivity contribution is 7.92. The van der Waals surface area contributed by atoms with Crippen molar-refractivity contribution in [1.82, 2.24) is 10.2 Å². The molecule has 1 N–H and O–H groups in total. The van der Waals surface area contributed by atoms with Crippen molar-refractivity contribution in [3.05, 3.63) is 94.8 Å². The van der Waals surface area contributed by atoms with Crippen LogP contribution in [0.25, 0.3) is 0 Å². The van der Waals surface area contributed by atoms with Crippen molar-refractivity contribution in [2.75, 3.05) is 10.8 Å². The van der Waals surface area contributed by atoms with Crippen LogP contribution < -0.4 is 9.62 Å². The molecule has 0 bridgehead atoms. The van der Waals surface area contributed by atoms with Crippen LogP contribution >= 0.6 is 11.6 Å². The largest absolute Gasteiger partial charge is 0.352 e. The van der Waals surface area contributed by atoms with Gasteiger partial charge in [-0.25, -0.2) is 12.8 Å². The summed E-state index contributed by atoms with van der Waals surface area (Å²) in [5.41, 5.74) is 1.44. The maximum Gasteiger partial charge on any atom is 0.264 e. The molecular formula is C29H33ClFN3O4S. The van der Waals surface area contributed by atoms with E-state index in [0.717, 1.165) is 4.31 Å². The number of benzene rings is 3. The zero-order chi connectivity index (χ0) is 28.7. The van der Waals surface area contributed by atoms with E-state index < -0.39 is 34.3 Å². The SMILES string of the molecule is CC[C@H](C)NC(=O)[C@H](C)N(Cc1ccc(F)cc1)C(=O)CN(c1ccc(Cl)cc1C)S(=O)(=O)c1ccccc1. The summed E-state index contributed by atoms with van der Waals surface area (Å²) in [5.74, 6) is -1.41. The van der Waals surface area contributed by atoms with Gasteiger partial charge in [-0.15, -0.1) is 0 Å². The van der Waals surface area contributed by atoms with E-state index >= 15 is 0 Å². The van der Waals surface area contributed by atoms with Crippen LogP contribution in [0, 0.1) is 12.7 Å². The average molecular weight is 574 g/mol. The molecule has 0 radical (unpaired) electrons. The smallest absolute Gasteiger partial charge is 0.264 e. The Morgan fingerprint density at radius 2 is 1.64 bits per heavy atom. The van der Waals surface area contributed by atoms with Crippen molar-refractivity contribution < 1.29 is 22.4 Å². The van der Waals surface area contributed by atoms with Gasteiger partial charge in [-0.05, 0) is 80.8 Å². The second kappa shape index (κ2) is 13.1. The maximum atomic E-state index is 13.9. The minimum absolute atomic E-state index is 0.0137. The molecule has 3 aromatic carbocycles. The topological polar surface area (TPSA) is 86.8 Å². The second-order valence-electron chi connectivity index (χ2n) is 9.40. The van der Waals surface area contributed by atoms with Crippen molar-refractivity contribution in [1.29, 1.82) is 0 Å². The van der Waals surface area contributed by atoms with Crippen LogP contribution in [0.1, 0.15) is 38.3 Å². The molecule has 0 aliphatic rings. The maximum absolute atomic E-state index is 13.9. The molecule has 0 unspecified atom stereocenters. The van der Waals surface area contributed by atoms with Gasteiger partial charge in [0.15, 0.2) is 0 Å². The van der Waals surface area contributed by atoms with E-state index in [1.165, 1.54) is 41.3 Å². The highest BCUT2D eigenvalue weighted by Crippen LogP contribution is 2.29. The molecule has 2 amide bonds. The Bertz CT molecular complexity index is 1400. The lowest BCUT2D eigenvalue weighted by Gasteiger charge is -2.33. The zero-order valence-electron chi connectivity index (χ0n) is 22.4. The quantitative estimate of drug-likeness (QED) is 0.337. The first-order valence-electron chi connectivity index (χ1n) is 12.6. The van der Waals surface area contributed by atoms with Gasteiger partial charge in [-0.1, -0.05) is 48.9 Å². The molecular weight excluding hydrogens is 541 g/mol. The van der Waals surface area contributed by atoms with Crippen molar-refractivity contribution in [2.45, 2.75) is 57.6 Å². The minimum Gasteiger partial charge on any atom is -0.352 e. The lowest BCUT2D eigenvalue weighted by Crippen LogP contribution is -2.52. The number of hydrogen-bond donors (Lipinski definition) is 1. The van der Waals surface area contributed by atoms with E-state index in [2.05, 4.69) is 5.32 Å². The van der Waals surface area contributed by atoms with Crippen LogP contribution in [0.3, 0.4) is 0 Å². The second-order valence-corrected chi connectivity index (χ2v) is 11.7. The molecule has 3 aromatic rings. The van der Waals surface area contributed by atoms with Crippen molar-refractivity contribution in [2.24, 2.45) is 0 Å². The molecule has 39 heavy (non-hydrogen) atoms. The van der Waals surface area contributed by atoms with Crippen molar-refractivity contribution in [3.8, 4) is 0 Å². The molecule has 0 aromatic heterocycles. The Hall–Kier alpha value is -3.43. The first-order chi connectivity index (χ1) is 18.4. The van der Waals surface area contributed by atoms with Crippen LogP contribution in [-0.2, 0) is 26.2 Å². The van der Waals surface area contributed by atoms with Gasteiger partial charge in [0.25, 0.3) is 10.0 Å². The Labute approximate surface area is 234 Å². The van der Waals surface area contributed by atoms with Crippen LogP contribution in [-0.4, -0.2) is 43.8 Å². The molecule has 2 atom stereocenters. The van der Waals surface area contributed by atoms with Gasteiger partial charge < -0.3 is 10.2 Å². The molecule has 0 spiro atoms. The van der Waals surface area contributed by atoms with Crippen LogP contribution in [0.5, 0.6) is 0 Å². The number of nitrogens with one attached hydrogen (secondary N) is 1. The summed E-state index contributed by atoms with van der Waals surface area (Å²) in [6.07, 6.45) is 0.698. The molecule has 0 heterocycles. The van der Waals surface area contributed by atoms with E-state index in [1.54, 1.807) is 50.2 Å². The van der Waals surface area contributed by atoms with Gasteiger partial charge in [-0.3, -0.25) is 13.9 Å². The Balaban J connectivity index is 2.04. The van der Waals surface area contributed by atoms with Gasteiger partial charge in [0.05, 0.1) is 10.6 Å². The van der Waals surface area contributed by atoms with E-state index in [1.807, 2.05) is 13.8 Å². The fraction of sp³-hybridized carbons (Fsp3) is 0.310. The molecule has 208 valence electrons. The van der Waals surface area contributed by atoms with E-state index in [0.29, 0.717) is 22.6 Å². The standard InChI is InChI=1S/C29H33ClFN3O4S/c1-5-21(3)32-29(36)22(4)33(18-23-11-14-25(31)15-12-23)28(35)19-34(27-16-13-24(30)17-20(27)2)39(37,38)26-9-7-6-8-10-26/h6-17,21-22H,5,18-19H2,1-4H3,(H,32,36)/t21-,22-/m0/s1. The van der Waals surface area contributed by atoms with Crippen molar-refractivity contribution >= 4 is 39.1 Å². The van der Waals surface area contributed by atoms with Crippen molar-refractivity contribution in [3.63, 3.8) is 0 Å². The summed E-state index contributed by atoms with van der Waals surface area (Å²) in [5, 5.41) is 3.30. The molecule has 0 aliphatic heterocycles. The minimum atomic E-state index is -4.17. The van der Waals surface area contributed by atoms with E-state index in [9.17, 15) is 22.4 Å².